The van der Waals surface area contributed by atoms with E-state index in [1.807, 2.05) is 11.4 Å². The lowest BCUT2D eigenvalue weighted by Gasteiger charge is -2.23. The Morgan fingerprint density at radius 3 is 3.05 bits per heavy atom. The van der Waals surface area contributed by atoms with Gasteiger partial charge in [0.1, 0.15) is 23.9 Å². The highest BCUT2D eigenvalue weighted by molar-refractivity contribution is 7.13. The summed E-state index contributed by atoms with van der Waals surface area (Å²) in [5, 5.41) is 11.5. The molecular formula is C14H16N4S+2. The maximum absolute atomic E-state index is 9.41. The van der Waals surface area contributed by atoms with Crippen molar-refractivity contribution in [2.75, 3.05) is 19.3 Å². The van der Waals surface area contributed by atoms with Gasteiger partial charge in [0.25, 0.3) is 5.82 Å². The topological polar surface area (TPSA) is 68.4 Å². The maximum Gasteiger partial charge on any atom is 0.289 e. The molecule has 1 unspecified atom stereocenters. The Balaban J connectivity index is 2.30. The molecule has 3 heterocycles. The Bertz CT molecular complexity index is 655. The molecule has 3 rings (SSSR count). The van der Waals surface area contributed by atoms with Crippen LogP contribution in [0.3, 0.4) is 0 Å². The van der Waals surface area contributed by atoms with E-state index in [0.717, 1.165) is 30.0 Å². The van der Waals surface area contributed by atoms with Crippen LogP contribution in [0.4, 0.5) is 5.82 Å². The van der Waals surface area contributed by atoms with Crippen LogP contribution in [0.1, 0.15) is 16.8 Å². The second-order valence-electron chi connectivity index (χ2n) is 4.97. The number of anilines is 1. The number of nitriles is 1. The van der Waals surface area contributed by atoms with Gasteiger partial charge in [-0.2, -0.15) is 5.26 Å². The minimum absolute atomic E-state index is 0.490. The Kier molecular flexibility index (Phi) is 2.97. The van der Waals surface area contributed by atoms with Gasteiger partial charge in [0, 0.05) is 10.4 Å². The van der Waals surface area contributed by atoms with E-state index in [0.29, 0.717) is 11.4 Å². The molecule has 5 heteroatoms. The van der Waals surface area contributed by atoms with Gasteiger partial charge >= 0.3 is 0 Å². The largest absolute Gasteiger partial charge is 0.333 e. The molecule has 0 radical (unpaired) electrons. The molecule has 0 fully saturated rings. The summed E-state index contributed by atoms with van der Waals surface area (Å²) in [5.74, 6) is 0.490. The highest BCUT2D eigenvalue weighted by atomic mass is 32.1. The highest BCUT2D eigenvalue weighted by Gasteiger charge is 2.28. The minimum atomic E-state index is 0.490. The number of H-pyrrole nitrogens is 1. The first kappa shape index (κ1) is 12.2. The summed E-state index contributed by atoms with van der Waals surface area (Å²) >= 11 is 1.66. The van der Waals surface area contributed by atoms with Crippen molar-refractivity contribution in [3.63, 3.8) is 0 Å². The molecule has 1 aliphatic rings. The normalized spacial score (nSPS) is 17.8. The Morgan fingerprint density at radius 2 is 2.37 bits per heavy atom. The zero-order valence-corrected chi connectivity index (χ0v) is 11.6. The molecule has 4 nitrogen and oxygen atoms in total. The fourth-order valence-corrected chi connectivity index (χ4v) is 3.49. The zero-order valence-electron chi connectivity index (χ0n) is 10.8. The number of thiophene rings is 1. The van der Waals surface area contributed by atoms with Crippen molar-refractivity contribution in [2.24, 2.45) is 0 Å². The fourth-order valence-electron chi connectivity index (χ4n) is 2.68. The molecule has 19 heavy (non-hydrogen) atoms. The average molecular weight is 272 g/mol. The molecule has 1 atom stereocenters. The molecule has 4 N–H and O–H groups in total. The van der Waals surface area contributed by atoms with E-state index in [1.165, 1.54) is 16.2 Å². The first-order valence-corrected chi connectivity index (χ1v) is 7.20. The predicted molar refractivity (Wildman–Crippen MR) is 74.6 cm³/mol. The van der Waals surface area contributed by atoms with E-state index < -0.39 is 0 Å². The van der Waals surface area contributed by atoms with Crippen LogP contribution in [0.2, 0.25) is 0 Å². The number of quaternary nitrogens is 1. The van der Waals surface area contributed by atoms with Gasteiger partial charge in [-0.15, -0.1) is 11.3 Å². The van der Waals surface area contributed by atoms with Crippen molar-refractivity contribution >= 4 is 17.2 Å². The van der Waals surface area contributed by atoms with Crippen LogP contribution < -0.4 is 15.6 Å². The smallest absolute Gasteiger partial charge is 0.289 e. The third kappa shape index (κ3) is 1.99. The van der Waals surface area contributed by atoms with Crippen LogP contribution in [-0.4, -0.2) is 13.6 Å². The quantitative estimate of drug-likeness (QED) is 0.781. The second kappa shape index (κ2) is 4.65. The summed E-state index contributed by atoms with van der Waals surface area (Å²) in [4.78, 5) is 5.81. The van der Waals surface area contributed by atoms with E-state index >= 15 is 0 Å². The van der Waals surface area contributed by atoms with Crippen LogP contribution in [0.15, 0.2) is 17.5 Å². The third-order valence-electron chi connectivity index (χ3n) is 3.63. The number of nitrogens with one attached hydrogen (secondary N) is 2. The van der Waals surface area contributed by atoms with Crippen molar-refractivity contribution in [1.29, 1.82) is 5.26 Å². The number of nitrogens with zero attached hydrogens (tertiary/aromatic N) is 1. The predicted octanol–water partition coefficient (Wildman–Crippen LogP) is 0.254. The van der Waals surface area contributed by atoms with Crippen LogP contribution in [0.5, 0.6) is 0 Å². The van der Waals surface area contributed by atoms with E-state index in [-0.39, 0.29) is 0 Å². The molecule has 2 aromatic rings. The number of pyridine rings is 1. The van der Waals surface area contributed by atoms with Crippen molar-refractivity contribution in [3.8, 4) is 16.5 Å². The highest BCUT2D eigenvalue weighted by Crippen LogP contribution is 2.33. The molecule has 0 amide bonds. The molecule has 0 saturated carbocycles. The number of nitrogen functional groups attached to an aromatic ring is 1. The monoisotopic (exact) mass is 272 g/mol. The lowest BCUT2D eigenvalue weighted by Crippen LogP contribution is -3.08. The van der Waals surface area contributed by atoms with Gasteiger partial charge < -0.3 is 4.90 Å². The molecule has 0 aliphatic carbocycles. The molecular weight excluding hydrogens is 256 g/mol. The number of aromatic amines is 1. The zero-order chi connectivity index (χ0) is 13.4. The summed E-state index contributed by atoms with van der Waals surface area (Å²) in [6.45, 7) is 2.03. The van der Waals surface area contributed by atoms with Crippen LogP contribution in [0.25, 0.3) is 10.4 Å². The number of hydrogen-bond donors (Lipinski definition) is 2. The standard InChI is InChI=1S/C14H14N4S/c1-18-5-4-11-10(8-18)13(12-3-2-6-19-12)9(7-15)14(16)17-11/h2-3,6H,4-5,8H2,1H3,(H2,16,17)/p+2. The molecule has 1 aliphatic heterocycles. The molecule has 0 aromatic carbocycles. The summed E-state index contributed by atoms with van der Waals surface area (Å²) < 4.78 is 0. The van der Waals surface area contributed by atoms with Crippen LogP contribution in [0, 0.1) is 11.3 Å². The fraction of sp³-hybridized carbons (Fsp3) is 0.286. The SMILES string of the molecule is C[NH+]1CCc2[nH+]c(N)c(C#N)c(-c3cccs3)c2C1. The third-order valence-corrected chi connectivity index (χ3v) is 4.52. The summed E-state index contributed by atoms with van der Waals surface area (Å²) in [7, 11) is 2.18. The number of rotatable bonds is 1. The van der Waals surface area contributed by atoms with Gasteiger partial charge in [-0.25, -0.2) is 4.98 Å². The van der Waals surface area contributed by atoms with Crippen molar-refractivity contribution < 1.29 is 9.88 Å². The van der Waals surface area contributed by atoms with Gasteiger partial charge in [-0.05, 0) is 11.4 Å². The lowest BCUT2D eigenvalue weighted by atomic mass is 9.95. The molecule has 0 saturated heterocycles. The maximum atomic E-state index is 9.41. The van der Waals surface area contributed by atoms with Crippen LogP contribution >= 0.6 is 11.3 Å². The van der Waals surface area contributed by atoms with E-state index in [9.17, 15) is 5.26 Å². The molecule has 96 valence electrons. The van der Waals surface area contributed by atoms with Crippen LogP contribution in [-0.2, 0) is 13.0 Å². The molecule has 2 aromatic heterocycles. The van der Waals surface area contributed by atoms with Gasteiger partial charge in [-0.3, -0.25) is 5.73 Å². The van der Waals surface area contributed by atoms with Gasteiger partial charge in [-0.1, -0.05) is 6.07 Å². The van der Waals surface area contributed by atoms with E-state index in [4.69, 9.17) is 5.73 Å². The Hall–Kier alpha value is -1.90. The van der Waals surface area contributed by atoms with Gasteiger partial charge in [0.05, 0.1) is 25.6 Å². The Labute approximate surface area is 116 Å². The lowest BCUT2D eigenvalue weighted by molar-refractivity contribution is -0.896. The number of aromatic nitrogens is 1. The van der Waals surface area contributed by atoms with Gasteiger partial charge in [0.2, 0.25) is 0 Å². The number of nitrogens with two attached hydrogens (primary N) is 1. The van der Waals surface area contributed by atoms with E-state index in [2.05, 4.69) is 24.2 Å². The summed E-state index contributed by atoms with van der Waals surface area (Å²) in [6, 6.07) is 6.33. The molecule has 0 bridgehead atoms. The summed E-state index contributed by atoms with van der Waals surface area (Å²) in [6.07, 6.45) is 0.982. The van der Waals surface area contributed by atoms with Crippen molar-refractivity contribution in [3.05, 3.63) is 34.3 Å². The van der Waals surface area contributed by atoms with Crippen molar-refractivity contribution in [1.82, 2.24) is 0 Å². The number of likely N-dealkylation sites (N-methyl/N-ethyl adjacent to an activating group) is 1. The van der Waals surface area contributed by atoms with Gasteiger partial charge in [0.15, 0.2) is 0 Å². The minimum Gasteiger partial charge on any atom is -0.333 e. The van der Waals surface area contributed by atoms with Crippen molar-refractivity contribution in [2.45, 2.75) is 13.0 Å². The molecule has 0 spiro atoms. The average Bonchev–Trinajstić information content (AvgIpc) is 2.91. The van der Waals surface area contributed by atoms with E-state index in [1.54, 1.807) is 11.3 Å². The first-order valence-electron chi connectivity index (χ1n) is 6.32. The first-order chi connectivity index (χ1) is 9.20. The Morgan fingerprint density at radius 1 is 1.53 bits per heavy atom. The number of hydrogen-bond acceptors (Lipinski definition) is 3. The number of fused-ring (bicyclic) bond motifs is 1. The summed E-state index contributed by atoms with van der Waals surface area (Å²) in [5.41, 5.74) is 10.1. The second-order valence-corrected chi connectivity index (χ2v) is 5.92.